The van der Waals surface area contributed by atoms with Gasteiger partial charge in [0.1, 0.15) is 0 Å². The quantitative estimate of drug-likeness (QED) is 0.850. The molecule has 2 fully saturated rings. The zero-order chi connectivity index (χ0) is 13.2. The molecule has 3 atom stereocenters. The highest BCUT2D eigenvalue weighted by atomic mass is 32.2. The maximum Gasteiger partial charge on any atom is 0.214 e. The first kappa shape index (κ1) is 14.3. The Labute approximate surface area is 110 Å². The standard InChI is InChI=1S/C13H25NO3S/c1-2-10-18(16,17)14-9-4-3-7-12(14)11-6-5-8-13(11)15/h11-13,15H,2-10H2,1H3. The molecule has 18 heavy (non-hydrogen) atoms. The van der Waals surface area contributed by atoms with Crippen LogP contribution in [0.1, 0.15) is 51.9 Å². The van der Waals surface area contributed by atoms with Gasteiger partial charge in [0.25, 0.3) is 0 Å². The van der Waals surface area contributed by atoms with Crippen molar-refractivity contribution in [2.75, 3.05) is 12.3 Å². The summed E-state index contributed by atoms with van der Waals surface area (Å²) < 4.78 is 26.3. The van der Waals surface area contributed by atoms with Gasteiger partial charge in [-0.15, -0.1) is 0 Å². The van der Waals surface area contributed by atoms with E-state index in [0.717, 1.165) is 38.5 Å². The smallest absolute Gasteiger partial charge is 0.214 e. The fourth-order valence-electron chi connectivity index (χ4n) is 3.50. The van der Waals surface area contributed by atoms with Crippen molar-refractivity contribution in [3.63, 3.8) is 0 Å². The summed E-state index contributed by atoms with van der Waals surface area (Å²) in [6.07, 6.45) is 6.18. The normalized spacial score (nSPS) is 34.9. The number of rotatable bonds is 4. The highest BCUT2D eigenvalue weighted by molar-refractivity contribution is 7.89. The lowest BCUT2D eigenvalue weighted by molar-refractivity contribution is 0.0724. The number of sulfonamides is 1. The van der Waals surface area contributed by atoms with E-state index in [-0.39, 0.29) is 23.8 Å². The number of piperidine rings is 1. The summed E-state index contributed by atoms with van der Waals surface area (Å²) in [5, 5.41) is 10.0. The molecule has 0 aromatic rings. The Morgan fingerprint density at radius 1 is 1.17 bits per heavy atom. The molecule has 0 bridgehead atoms. The minimum Gasteiger partial charge on any atom is -0.393 e. The van der Waals surface area contributed by atoms with Crippen molar-refractivity contribution in [2.24, 2.45) is 5.92 Å². The molecule has 1 N–H and O–H groups in total. The summed E-state index contributed by atoms with van der Waals surface area (Å²) in [4.78, 5) is 0. The molecule has 0 aromatic carbocycles. The topological polar surface area (TPSA) is 57.6 Å². The SMILES string of the molecule is CCCS(=O)(=O)N1CCCCC1C1CCCC1O. The molecule has 1 saturated carbocycles. The van der Waals surface area contributed by atoms with Crippen LogP contribution in [0, 0.1) is 5.92 Å². The Balaban J connectivity index is 2.15. The van der Waals surface area contributed by atoms with Gasteiger partial charge in [-0.05, 0) is 32.1 Å². The average Bonchev–Trinajstić information content (AvgIpc) is 2.75. The molecule has 2 aliphatic rings. The molecule has 0 spiro atoms. The fraction of sp³-hybridized carbons (Fsp3) is 1.00. The van der Waals surface area contributed by atoms with Crippen LogP contribution in [0.25, 0.3) is 0 Å². The Morgan fingerprint density at radius 2 is 1.94 bits per heavy atom. The van der Waals surface area contributed by atoms with Crippen molar-refractivity contribution in [3.8, 4) is 0 Å². The third-order valence-electron chi connectivity index (χ3n) is 4.34. The molecule has 0 amide bonds. The molecule has 0 aromatic heterocycles. The predicted molar refractivity (Wildman–Crippen MR) is 71.8 cm³/mol. The maximum absolute atomic E-state index is 12.3. The molecule has 2 rings (SSSR count). The van der Waals surface area contributed by atoms with Gasteiger partial charge >= 0.3 is 0 Å². The highest BCUT2D eigenvalue weighted by Crippen LogP contribution is 2.36. The summed E-state index contributed by atoms with van der Waals surface area (Å²) in [5.41, 5.74) is 0. The van der Waals surface area contributed by atoms with Gasteiger partial charge in [0.2, 0.25) is 10.0 Å². The van der Waals surface area contributed by atoms with E-state index in [1.54, 1.807) is 4.31 Å². The second-order valence-electron chi connectivity index (χ2n) is 5.65. The summed E-state index contributed by atoms with van der Waals surface area (Å²) in [5.74, 6) is 0.406. The molecule has 3 unspecified atom stereocenters. The molecular formula is C13H25NO3S. The molecule has 1 aliphatic heterocycles. The lowest BCUT2D eigenvalue weighted by Crippen LogP contribution is -2.49. The number of aliphatic hydroxyl groups excluding tert-OH is 1. The zero-order valence-electron chi connectivity index (χ0n) is 11.2. The first-order chi connectivity index (χ1) is 8.56. The van der Waals surface area contributed by atoms with Crippen LogP contribution in [0.15, 0.2) is 0 Å². The minimum absolute atomic E-state index is 0.0489. The van der Waals surface area contributed by atoms with E-state index in [1.807, 2.05) is 6.92 Å². The maximum atomic E-state index is 12.3. The van der Waals surface area contributed by atoms with E-state index in [4.69, 9.17) is 0 Å². The molecule has 5 heteroatoms. The minimum atomic E-state index is -3.12. The van der Waals surface area contributed by atoms with E-state index in [9.17, 15) is 13.5 Å². The van der Waals surface area contributed by atoms with Gasteiger partial charge in [-0.3, -0.25) is 0 Å². The summed E-state index contributed by atoms with van der Waals surface area (Å²) >= 11 is 0. The van der Waals surface area contributed by atoms with Crippen molar-refractivity contribution < 1.29 is 13.5 Å². The van der Waals surface area contributed by atoms with Crippen molar-refractivity contribution in [3.05, 3.63) is 0 Å². The third-order valence-corrected chi connectivity index (χ3v) is 6.44. The summed E-state index contributed by atoms with van der Waals surface area (Å²) in [6.45, 7) is 2.55. The largest absolute Gasteiger partial charge is 0.393 e. The van der Waals surface area contributed by atoms with Gasteiger partial charge < -0.3 is 5.11 Å². The van der Waals surface area contributed by atoms with Crippen LogP contribution in [0.5, 0.6) is 0 Å². The van der Waals surface area contributed by atoms with Crippen LogP contribution < -0.4 is 0 Å². The second kappa shape index (κ2) is 5.88. The third kappa shape index (κ3) is 2.89. The molecule has 106 valence electrons. The highest BCUT2D eigenvalue weighted by Gasteiger charge is 2.41. The Bertz CT molecular complexity index is 368. The van der Waals surface area contributed by atoms with Crippen LogP contribution >= 0.6 is 0 Å². The van der Waals surface area contributed by atoms with Gasteiger partial charge in [0, 0.05) is 18.5 Å². The number of nitrogens with zero attached hydrogens (tertiary/aromatic N) is 1. The second-order valence-corrected chi connectivity index (χ2v) is 7.69. The number of aliphatic hydroxyl groups is 1. The van der Waals surface area contributed by atoms with Crippen LogP contribution in [0.2, 0.25) is 0 Å². The molecule has 1 aliphatic carbocycles. The zero-order valence-corrected chi connectivity index (χ0v) is 12.0. The lowest BCUT2D eigenvalue weighted by atomic mass is 9.89. The van der Waals surface area contributed by atoms with E-state index in [1.165, 1.54) is 0 Å². The molecule has 4 nitrogen and oxygen atoms in total. The number of hydrogen-bond donors (Lipinski definition) is 1. The fourth-order valence-corrected chi connectivity index (χ4v) is 5.33. The van der Waals surface area contributed by atoms with Gasteiger partial charge in [-0.2, -0.15) is 4.31 Å². The van der Waals surface area contributed by atoms with Crippen LogP contribution in [0.3, 0.4) is 0 Å². The van der Waals surface area contributed by atoms with Crippen molar-refractivity contribution in [1.29, 1.82) is 0 Å². The van der Waals surface area contributed by atoms with Crippen molar-refractivity contribution in [2.45, 2.75) is 64.0 Å². The monoisotopic (exact) mass is 275 g/mol. The Hall–Kier alpha value is -0.130. The van der Waals surface area contributed by atoms with Crippen LogP contribution in [-0.2, 0) is 10.0 Å². The van der Waals surface area contributed by atoms with E-state index >= 15 is 0 Å². The van der Waals surface area contributed by atoms with Gasteiger partial charge in [-0.1, -0.05) is 19.8 Å². The number of hydrogen-bond acceptors (Lipinski definition) is 3. The average molecular weight is 275 g/mol. The first-order valence-electron chi connectivity index (χ1n) is 7.24. The molecule has 0 radical (unpaired) electrons. The first-order valence-corrected chi connectivity index (χ1v) is 8.84. The van der Waals surface area contributed by atoms with Gasteiger partial charge in [0.15, 0.2) is 0 Å². The van der Waals surface area contributed by atoms with Crippen molar-refractivity contribution >= 4 is 10.0 Å². The van der Waals surface area contributed by atoms with Crippen LogP contribution in [0.4, 0.5) is 0 Å². The Kier molecular flexibility index (Phi) is 4.67. The van der Waals surface area contributed by atoms with Crippen molar-refractivity contribution in [1.82, 2.24) is 4.31 Å². The van der Waals surface area contributed by atoms with Gasteiger partial charge in [-0.25, -0.2) is 8.42 Å². The molecular weight excluding hydrogens is 250 g/mol. The van der Waals surface area contributed by atoms with E-state index in [0.29, 0.717) is 13.0 Å². The van der Waals surface area contributed by atoms with E-state index < -0.39 is 10.0 Å². The van der Waals surface area contributed by atoms with E-state index in [2.05, 4.69) is 0 Å². The summed E-state index contributed by atoms with van der Waals surface area (Å²) in [7, 11) is -3.12. The Morgan fingerprint density at radius 3 is 2.56 bits per heavy atom. The summed E-state index contributed by atoms with van der Waals surface area (Å²) in [6, 6.07) is 0.0489. The van der Waals surface area contributed by atoms with Gasteiger partial charge in [0.05, 0.1) is 11.9 Å². The lowest BCUT2D eigenvalue weighted by Gasteiger charge is -2.39. The molecule has 1 saturated heterocycles. The van der Waals surface area contributed by atoms with Crippen LogP contribution in [-0.4, -0.2) is 42.3 Å². The predicted octanol–water partition coefficient (Wildman–Crippen LogP) is 1.74. The molecule has 1 heterocycles.